The summed E-state index contributed by atoms with van der Waals surface area (Å²) in [7, 11) is 0. The Labute approximate surface area is 164 Å². The molecule has 1 N–H and O–H groups in total. The first kappa shape index (κ1) is 20.0. The molecule has 1 aromatic carbocycles. The summed E-state index contributed by atoms with van der Waals surface area (Å²) in [5.74, 6) is -1.45. The number of hydrogen-bond donors (Lipinski definition) is 1. The van der Waals surface area contributed by atoms with E-state index in [2.05, 4.69) is 5.32 Å². The molecule has 3 amide bonds. The van der Waals surface area contributed by atoms with Crippen molar-refractivity contribution in [3.8, 4) is 0 Å². The van der Waals surface area contributed by atoms with Crippen LogP contribution in [-0.4, -0.2) is 47.3 Å². The Balaban J connectivity index is 1.59. The van der Waals surface area contributed by atoms with E-state index < -0.39 is 30.7 Å². The van der Waals surface area contributed by atoms with Gasteiger partial charge in [0.15, 0.2) is 6.61 Å². The molecule has 0 aromatic heterocycles. The second-order valence-corrected chi connectivity index (χ2v) is 7.84. The first-order chi connectivity index (χ1) is 13.2. The lowest BCUT2D eigenvalue weighted by Crippen LogP contribution is -2.54. The molecule has 150 valence electrons. The molecule has 7 nitrogen and oxygen atoms in total. The van der Waals surface area contributed by atoms with E-state index >= 15 is 0 Å². The second kappa shape index (κ2) is 7.73. The van der Waals surface area contributed by atoms with Crippen LogP contribution in [-0.2, 0) is 14.3 Å². The van der Waals surface area contributed by atoms with E-state index in [9.17, 15) is 19.2 Å². The molecule has 2 aliphatic rings. The fraction of sp³-hybridized carbons (Fsp3) is 0.524. The van der Waals surface area contributed by atoms with Gasteiger partial charge in [-0.3, -0.25) is 19.3 Å². The van der Waals surface area contributed by atoms with E-state index in [1.807, 2.05) is 32.9 Å². The number of imide groups is 1. The van der Waals surface area contributed by atoms with Crippen molar-refractivity contribution in [3.63, 3.8) is 0 Å². The molecule has 1 heterocycles. The van der Waals surface area contributed by atoms with Crippen LogP contribution in [0.4, 0.5) is 4.79 Å². The molecule has 0 unspecified atom stereocenters. The molecule has 0 bridgehead atoms. The molecule has 0 radical (unpaired) electrons. The number of Topliss-reactive ketones (excluding diaryl/α,β-unsaturated/α-hetero) is 1. The number of esters is 1. The van der Waals surface area contributed by atoms with Crippen LogP contribution in [0.3, 0.4) is 0 Å². The molecule has 1 aliphatic carbocycles. The number of amides is 3. The van der Waals surface area contributed by atoms with Crippen LogP contribution in [0, 0.1) is 19.8 Å². The minimum absolute atomic E-state index is 0.0183. The summed E-state index contributed by atoms with van der Waals surface area (Å²) in [6.07, 6.45) is 3.32. The molecule has 28 heavy (non-hydrogen) atoms. The number of rotatable bonds is 5. The fourth-order valence-corrected chi connectivity index (χ4v) is 4.16. The largest absolute Gasteiger partial charge is 0.456 e. The van der Waals surface area contributed by atoms with Gasteiger partial charge >= 0.3 is 12.0 Å². The highest BCUT2D eigenvalue weighted by atomic mass is 16.5. The van der Waals surface area contributed by atoms with Crippen molar-refractivity contribution in [1.82, 2.24) is 10.2 Å². The lowest BCUT2D eigenvalue weighted by Gasteiger charge is -2.36. The van der Waals surface area contributed by atoms with Crippen molar-refractivity contribution in [1.29, 1.82) is 0 Å². The Morgan fingerprint density at radius 2 is 2.00 bits per heavy atom. The van der Waals surface area contributed by atoms with E-state index in [-0.39, 0.29) is 17.6 Å². The predicted molar refractivity (Wildman–Crippen MR) is 102 cm³/mol. The van der Waals surface area contributed by atoms with Gasteiger partial charge in [-0.05, 0) is 38.2 Å². The molecule has 7 heteroatoms. The third kappa shape index (κ3) is 3.66. The molecule has 2 fully saturated rings. The average molecular weight is 386 g/mol. The van der Waals surface area contributed by atoms with E-state index in [1.165, 1.54) is 0 Å². The zero-order chi connectivity index (χ0) is 20.5. The summed E-state index contributed by atoms with van der Waals surface area (Å²) in [4.78, 5) is 50.5. The van der Waals surface area contributed by atoms with Gasteiger partial charge in [0.05, 0.1) is 0 Å². The van der Waals surface area contributed by atoms with Crippen LogP contribution in [0.5, 0.6) is 0 Å². The van der Waals surface area contributed by atoms with Crippen LogP contribution < -0.4 is 5.32 Å². The Kier molecular flexibility index (Phi) is 5.54. The number of aryl methyl sites for hydroxylation is 2. The maximum atomic E-state index is 12.8. The summed E-state index contributed by atoms with van der Waals surface area (Å²) in [6.45, 7) is 4.79. The van der Waals surface area contributed by atoms with E-state index in [0.29, 0.717) is 12.0 Å². The third-order valence-electron chi connectivity index (χ3n) is 5.84. The highest BCUT2D eigenvalue weighted by Crippen LogP contribution is 2.38. The first-order valence-electron chi connectivity index (χ1n) is 9.65. The number of hydrogen-bond acceptors (Lipinski definition) is 5. The third-order valence-corrected chi connectivity index (χ3v) is 5.84. The molecule has 1 saturated carbocycles. The molecule has 2 atom stereocenters. The SMILES string of the molecule is Cc1ccc(C(=O)COC(=O)CN2C(=O)N[C@@]3(CCCC[C@H]3C)C2=O)c(C)c1. The van der Waals surface area contributed by atoms with Gasteiger partial charge in [0.1, 0.15) is 12.1 Å². The highest BCUT2D eigenvalue weighted by Gasteiger charge is 2.55. The number of ketones is 1. The second-order valence-electron chi connectivity index (χ2n) is 7.84. The van der Waals surface area contributed by atoms with E-state index in [1.54, 1.807) is 6.07 Å². The molecule has 3 rings (SSSR count). The topological polar surface area (TPSA) is 92.8 Å². The Bertz CT molecular complexity index is 834. The number of carbonyl (C=O) groups excluding carboxylic acids is 4. The van der Waals surface area contributed by atoms with Crippen LogP contribution >= 0.6 is 0 Å². The van der Waals surface area contributed by atoms with Gasteiger partial charge in [0, 0.05) is 5.56 Å². The predicted octanol–water partition coefficient (Wildman–Crippen LogP) is 2.53. The Morgan fingerprint density at radius 1 is 1.25 bits per heavy atom. The van der Waals surface area contributed by atoms with Crippen molar-refractivity contribution in [3.05, 3.63) is 34.9 Å². The highest BCUT2D eigenvalue weighted by molar-refractivity contribution is 6.09. The number of benzene rings is 1. The molecule has 1 saturated heterocycles. The standard InChI is InChI=1S/C21H26N2O5/c1-13-7-8-16(14(2)10-13)17(24)12-28-18(25)11-23-19(26)21(22-20(23)27)9-5-4-6-15(21)3/h7-8,10,15H,4-6,9,11-12H2,1-3H3,(H,22,27)/t15-,21-/m1/s1. The lowest BCUT2D eigenvalue weighted by atomic mass is 9.73. The van der Waals surface area contributed by atoms with Crippen molar-refractivity contribution < 1.29 is 23.9 Å². The fourth-order valence-electron chi connectivity index (χ4n) is 4.16. The van der Waals surface area contributed by atoms with Gasteiger partial charge in [-0.15, -0.1) is 0 Å². The van der Waals surface area contributed by atoms with Gasteiger partial charge in [-0.25, -0.2) is 4.79 Å². The molecule has 1 aromatic rings. The van der Waals surface area contributed by atoms with Crippen LogP contribution in [0.25, 0.3) is 0 Å². The van der Waals surface area contributed by atoms with Crippen LogP contribution in [0.15, 0.2) is 18.2 Å². The first-order valence-corrected chi connectivity index (χ1v) is 9.65. The number of nitrogens with zero attached hydrogens (tertiary/aromatic N) is 1. The average Bonchev–Trinajstić information content (AvgIpc) is 2.87. The van der Waals surface area contributed by atoms with Crippen molar-refractivity contribution >= 4 is 23.7 Å². The number of urea groups is 1. The number of ether oxygens (including phenoxy) is 1. The maximum absolute atomic E-state index is 12.8. The summed E-state index contributed by atoms with van der Waals surface area (Å²) < 4.78 is 5.04. The molecular formula is C21H26N2O5. The van der Waals surface area contributed by atoms with Gasteiger partial charge in [0.2, 0.25) is 5.78 Å². The van der Waals surface area contributed by atoms with E-state index in [4.69, 9.17) is 4.74 Å². The van der Waals surface area contributed by atoms with E-state index in [0.717, 1.165) is 35.3 Å². The Morgan fingerprint density at radius 3 is 2.68 bits per heavy atom. The summed E-state index contributed by atoms with van der Waals surface area (Å²) in [6, 6.07) is 4.83. The van der Waals surface area contributed by atoms with Gasteiger partial charge in [0.25, 0.3) is 5.91 Å². The smallest absolute Gasteiger partial charge is 0.326 e. The summed E-state index contributed by atoms with van der Waals surface area (Å²) >= 11 is 0. The van der Waals surface area contributed by atoms with Gasteiger partial charge < -0.3 is 10.1 Å². The van der Waals surface area contributed by atoms with Gasteiger partial charge in [-0.1, -0.05) is 43.5 Å². The molecule has 1 spiro atoms. The summed E-state index contributed by atoms with van der Waals surface area (Å²) in [5.41, 5.74) is 1.42. The van der Waals surface area contributed by atoms with Crippen molar-refractivity contribution in [2.75, 3.05) is 13.2 Å². The monoisotopic (exact) mass is 386 g/mol. The normalized spacial score (nSPS) is 24.4. The van der Waals surface area contributed by atoms with Crippen LogP contribution in [0.1, 0.15) is 54.1 Å². The van der Waals surface area contributed by atoms with Crippen molar-refractivity contribution in [2.45, 2.75) is 52.0 Å². The van der Waals surface area contributed by atoms with Crippen LogP contribution in [0.2, 0.25) is 0 Å². The molecule has 1 aliphatic heterocycles. The lowest BCUT2D eigenvalue weighted by molar-refractivity contribution is -0.147. The minimum Gasteiger partial charge on any atom is -0.456 e. The zero-order valence-electron chi connectivity index (χ0n) is 16.5. The summed E-state index contributed by atoms with van der Waals surface area (Å²) in [5, 5.41) is 2.79. The Hall–Kier alpha value is -2.70. The quantitative estimate of drug-likeness (QED) is 0.477. The van der Waals surface area contributed by atoms with Crippen molar-refractivity contribution in [2.24, 2.45) is 5.92 Å². The molecular weight excluding hydrogens is 360 g/mol. The maximum Gasteiger partial charge on any atom is 0.326 e. The number of nitrogens with one attached hydrogen (secondary N) is 1. The van der Waals surface area contributed by atoms with Gasteiger partial charge in [-0.2, -0.15) is 0 Å². The minimum atomic E-state index is -0.912. The zero-order valence-corrected chi connectivity index (χ0v) is 16.5. The number of carbonyl (C=O) groups is 4.